The lowest BCUT2D eigenvalue weighted by atomic mass is 10.0. The Hall–Kier alpha value is -2.80. The minimum atomic E-state index is -0.0641. The zero-order valence-electron chi connectivity index (χ0n) is 16.3. The van der Waals surface area contributed by atoms with Crippen molar-refractivity contribution in [2.24, 2.45) is 0 Å². The summed E-state index contributed by atoms with van der Waals surface area (Å²) in [5.41, 5.74) is 3.15. The Kier molecular flexibility index (Phi) is 5.34. The van der Waals surface area contributed by atoms with E-state index >= 15 is 0 Å². The molecule has 7 nitrogen and oxygen atoms in total. The Labute approximate surface area is 164 Å². The number of carbonyl (C=O) groups is 1. The Morgan fingerprint density at radius 1 is 1.32 bits per heavy atom. The van der Waals surface area contributed by atoms with Gasteiger partial charge < -0.3 is 14.2 Å². The van der Waals surface area contributed by atoms with Crippen molar-refractivity contribution in [3.05, 3.63) is 54.2 Å². The van der Waals surface area contributed by atoms with Crippen LogP contribution in [0.2, 0.25) is 0 Å². The van der Waals surface area contributed by atoms with E-state index in [1.807, 2.05) is 37.8 Å². The van der Waals surface area contributed by atoms with Crippen LogP contribution in [-0.2, 0) is 4.74 Å². The topological polar surface area (TPSA) is 73.1 Å². The Morgan fingerprint density at radius 3 is 2.86 bits per heavy atom. The lowest BCUT2D eigenvalue weighted by Crippen LogP contribution is -2.31. The van der Waals surface area contributed by atoms with Gasteiger partial charge in [0.05, 0.1) is 17.9 Å². The fraction of sp³-hybridized carbons (Fsp3) is 0.429. The van der Waals surface area contributed by atoms with Crippen LogP contribution < -0.4 is 0 Å². The molecule has 0 aromatic carbocycles. The van der Waals surface area contributed by atoms with Gasteiger partial charge in [-0.25, -0.2) is 9.97 Å². The first-order valence-electron chi connectivity index (χ1n) is 9.76. The fourth-order valence-corrected chi connectivity index (χ4v) is 3.92. The molecule has 7 heteroatoms. The molecule has 1 atom stereocenters. The van der Waals surface area contributed by atoms with Gasteiger partial charge in [-0.2, -0.15) is 0 Å². The van der Waals surface area contributed by atoms with Gasteiger partial charge in [0.1, 0.15) is 5.52 Å². The van der Waals surface area contributed by atoms with Crippen LogP contribution in [0.3, 0.4) is 0 Å². The van der Waals surface area contributed by atoms with Crippen molar-refractivity contribution in [2.45, 2.75) is 38.3 Å². The molecular weight excluding hydrogens is 354 g/mol. The second-order valence-corrected chi connectivity index (χ2v) is 7.19. The Bertz CT molecular complexity index is 950. The standard InChI is InChI=1S/C21H25N5O2/c1-3-19(15-5-4-8-22-12-15)25(2)21(27)16-11-18-20(23-13-16)26(14-24-18)17-6-9-28-10-7-17/h4-5,8,11-14,17,19H,3,6-7,9-10H2,1-2H3. The molecule has 1 aliphatic heterocycles. The number of rotatable bonds is 5. The second kappa shape index (κ2) is 8.06. The first-order chi connectivity index (χ1) is 13.7. The van der Waals surface area contributed by atoms with Crippen LogP contribution in [0, 0.1) is 0 Å². The van der Waals surface area contributed by atoms with Crippen molar-refractivity contribution in [1.29, 1.82) is 0 Å². The monoisotopic (exact) mass is 379 g/mol. The Balaban J connectivity index is 1.59. The van der Waals surface area contributed by atoms with Gasteiger partial charge in [0.15, 0.2) is 5.65 Å². The van der Waals surface area contributed by atoms with Crippen LogP contribution in [-0.4, -0.2) is 50.6 Å². The maximum Gasteiger partial charge on any atom is 0.255 e. The van der Waals surface area contributed by atoms with Crippen molar-refractivity contribution < 1.29 is 9.53 Å². The number of aromatic nitrogens is 4. The number of fused-ring (bicyclic) bond motifs is 1. The summed E-state index contributed by atoms with van der Waals surface area (Å²) in [6.45, 7) is 3.59. The minimum Gasteiger partial charge on any atom is -0.381 e. The lowest BCUT2D eigenvalue weighted by Gasteiger charge is -2.27. The summed E-state index contributed by atoms with van der Waals surface area (Å²) in [5, 5.41) is 0. The zero-order valence-corrected chi connectivity index (χ0v) is 16.3. The molecule has 0 bridgehead atoms. The first-order valence-corrected chi connectivity index (χ1v) is 9.76. The average Bonchev–Trinajstić information content (AvgIpc) is 3.18. The number of hydrogen-bond donors (Lipinski definition) is 0. The summed E-state index contributed by atoms with van der Waals surface area (Å²) in [6.07, 6.45) is 9.77. The van der Waals surface area contributed by atoms with E-state index in [0.717, 1.165) is 49.2 Å². The van der Waals surface area contributed by atoms with E-state index < -0.39 is 0 Å². The van der Waals surface area contributed by atoms with E-state index in [0.29, 0.717) is 11.6 Å². The molecule has 1 fully saturated rings. The molecule has 146 valence electrons. The SMILES string of the molecule is CCC(c1cccnc1)N(C)C(=O)c1cnc2c(c1)ncn2C1CCOCC1. The van der Waals surface area contributed by atoms with Crippen LogP contribution in [0.25, 0.3) is 11.2 Å². The third kappa shape index (κ3) is 3.49. The van der Waals surface area contributed by atoms with Crippen LogP contribution in [0.15, 0.2) is 43.1 Å². The maximum atomic E-state index is 13.1. The molecule has 3 aromatic heterocycles. The van der Waals surface area contributed by atoms with Gasteiger partial charge in [0, 0.05) is 44.9 Å². The van der Waals surface area contributed by atoms with Gasteiger partial charge in [0.2, 0.25) is 0 Å². The van der Waals surface area contributed by atoms with Crippen molar-refractivity contribution in [3.8, 4) is 0 Å². The number of ether oxygens (including phenoxy) is 1. The molecule has 0 spiro atoms. The van der Waals surface area contributed by atoms with Gasteiger partial charge in [-0.15, -0.1) is 0 Å². The van der Waals surface area contributed by atoms with Crippen LogP contribution in [0.5, 0.6) is 0 Å². The molecule has 0 saturated carbocycles. The molecule has 0 aliphatic carbocycles. The average molecular weight is 379 g/mol. The smallest absolute Gasteiger partial charge is 0.255 e. The highest BCUT2D eigenvalue weighted by Gasteiger charge is 2.23. The number of nitrogens with zero attached hydrogens (tertiary/aromatic N) is 5. The van der Waals surface area contributed by atoms with E-state index in [9.17, 15) is 4.79 Å². The van der Waals surface area contributed by atoms with Gasteiger partial charge in [-0.05, 0) is 37.0 Å². The summed E-state index contributed by atoms with van der Waals surface area (Å²) in [7, 11) is 1.83. The quantitative estimate of drug-likeness (QED) is 0.679. The van der Waals surface area contributed by atoms with Crippen LogP contribution in [0.4, 0.5) is 0 Å². The maximum absolute atomic E-state index is 13.1. The second-order valence-electron chi connectivity index (χ2n) is 7.19. The number of hydrogen-bond acceptors (Lipinski definition) is 5. The molecule has 1 saturated heterocycles. The van der Waals surface area contributed by atoms with E-state index in [1.165, 1.54) is 0 Å². The van der Waals surface area contributed by atoms with E-state index in [4.69, 9.17) is 4.74 Å². The molecule has 1 aliphatic rings. The molecule has 1 amide bonds. The third-order valence-electron chi connectivity index (χ3n) is 5.49. The summed E-state index contributed by atoms with van der Waals surface area (Å²) in [5.74, 6) is -0.0641. The normalized spacial score (nSPS) is 16.2. The molecule has 3 aromatic rings. The van der Waals surface area contributed by atoms with Gasteiger partial charge in [-0.3, -0.25) is 9.78 Å². The summed E-state index contributed by atoms with van der Waals surface area (Å²) in [6, 6.07) is 6.06. The molecule has 1 unspecified atom stereocenters. The van der Waals surface area contributed by atoms with E-state index in [1.54, 1.807) is 17.3 Å². The predicted molar refractivity (Wildman–Crippen MR) is 106 cm³/mol. The van der Waals surface area contributed by atoms with Crippen molar-refractivity contribution >= 4 is 17.1 Å². The highest BCUT2D eigenvalue weighted by molar-refractivity contribution is 5.96. The van der Waals surface area contributed by atoms with Gasteiger partial charge >= 0.3 is 0 Å². The highest BCUT2D eigenvalue weighted by atomic mass is 16.5. The summed E-state index contributed by atoms with van der Waals surface area (Å²) in [4.78, 5) is 28.1. The van der Waals surface area contributed by atoms with Crippen molar-refractivity contribution in [3.63, 3.8) is 0 Å². The van der Waals surface area contributed by atoms with E-state index in [2.05, 4.69) is 26.4 Å². The summed E-state index contributed by atoms with van der Waals surface area (Å²) >= 11 is 0. The molecule has 28 heavy (non-hydrogen) atoms. The third-order valence-corrected chi connectivity index (χ3v) is 5.49. The zero-order chi connectivity index (χ0) is 19.5. The van der Waals surface area contributed by atoms with Gasteiger partial charge in [0.25, 0.3) is 5.91 Å². The van der Waals surface area contributed by atoms with Gasteiger partial charge in [-0.1, -0.05) is 13.0 Å². The number of imidazole rings is 1. The molecular formula is C21H25N5O2. The molecule has 4 rings (SSSR count). The largest absolute Gasteiger partial charge is 0.381 e. The van der Waals surface area contributed by atoms with Crippen molar-refractivity contribution in [1.82, 2.24) is 24.4 Å². The predicted octanol–water partition coefficient (Wildman–Crippen LogP) is 3.40. The molecule has 0 N–H and O–H groups in total. The van der Waals surface area contributed by atoms with Crippen molar-refractivity contribution in [2.75, 3.05) is 20.3 Å². The Morgan fingerprint density at radius 2 is 2.14 bits per heavy atom. The molecule has 4 heterocycles. The van der Waals surface area contributed by atoms with Crippen LogP contribution in [0.1, 0.15) is 54.2 Å². The van der Waals surface area contributed by atoms with Crippen LogP contribution >= 0.6 is 0 Å². The number of amides is 1. The fourth-order valence-electron chi connectivity index (χ4n) is 3.92. The minimum absolute atomic E-state index is 0.0308. The van der Waals surface area contributed by atoms with E-state index in [-0.39, 0.29) is 11.9 Å². The first kappa shape index (κ1) is 18.6. The number of carbonyl (C=O) groups excluding carboxylic acids is 1. The lowest BCUT2D eigenvalue weighted by molar-refractivity contribution is 0.0704. The highest BCUT2D eigenvalue weighted by Crippen LogP contribution is 2.27. The number of pyridine rings is 2. The molecule has 0 radical (unpaired) electrons. The summed E-state index contributed by atoms with van der Waals surface area (Å²) < 4.78 is 7.56.